The number of likely N-dealkylation sites (tertiary alicyclic amines) is 1. The van der Waals surface area contributed by atoms with Gasteiger partial charge in [0.05, 0.1) is 10.7 Å². The Bertz CT molecular complexity index is 671. The molecule has 1 fully saturated rings. The maximum Gasteiger partial charge on any atom is 0.222 e. The summed E-state index contributed by atoms with van der Waals surface area (Å²) in [6, 6.07) is 0. The Morgan fingerprint density at radius 1 is 1.43 bits per heavy atom. The molecule has 1 aliphatic rings. The molecule has 1 amide bonds. The van der Waals surface area contributed by atoms with Gasteiger partial charge in [0, 0.05) is 42.2 Å². The van der Waals surface area contributed by atoms with Crippen LogP contribution in [0.5, 0.6) is 0 Å². The van der Waals surface area contributed by atoms with E-state index in [-0.39, 0.29) is 5.91 Å². The number of H-pyrrole nitrogens is 1. The number of aromatic amines is 1. The molecule has 2 aromatic heterocycles. The van der Waals surface area contributed by atoms with Gasteiger partial charge in [-0.25, -0.2) is 4.98 Å². The number of carbonyl (C=O) groups excluding carboxylic acids is 1. The predicted molar refractivity (Wildman–Crippen MR) is 91.8 cm³/mol. The average molecular weight is 332 g/mol. The van der Waals surface area contributed by atoms with E-state index in [1.165, 1.54) is 15.4 Å². The van der Waals surface area contributed by atoms with Crippen molar-refractivity contribution in [2.75, 3.05) is 13.1 Å². The summed E-state index contributed by atoms with van der Waals surface area (Å²) in [6.45, 7) is 7.78. The Labute approximate surface area is 141 Å². The van der Waals surface area contributed by atoms with Gasteiger partial charge in [-0.15, -0.1) is 11.3 Å². The number of piperidine rings is 1. The van der Waals surface area contributed by atoms with Gasteiger partial charge in [-0.05, 0) is 45.6 Å². The van der Waals surface area contributed by atoms with Gasteiger partial charge in [0.15, 0.2) is 0 Å². The van der Waals surface area contributed by atoms with Crippen LogP contribution in [0.3, 0.4) is 0 Å². The standard InChI is InChI=1S/C17H24N4OS/c1-11-9-18-17(23-11)14-5-4-8-21(10-14)16(22)7-6-15-12(2)19-20-13(15)3/h9,14H,4-8,10H2,1-3H3,(H,19,20)/t14-/m0/s1. The van der Waals surface area contributed by atoms with E-state index in [9.17, 15) is 4.79 Å². The molecule has 5 nitrogen and oxygen atoms in total. The number of aryl methyl sites for hydroxylation is 3. The first-order valence-corrected chi connectivity index (χ1v) is 9.06. The first-order valence-electron chi connectivity index (χ1n) is 8.25. The first-order chi connectivity index (χ1) is 11.0. The fourth-order valence-electron chi connectivity index (χ4n) is 3.30. The molecule has 124 valence electrons. The van der Waals surface area contributed by atoms with Gasteiger partial charge in [0.2, 0.25) is 5.91 Å². The zero-order valence-electron chi connectivity index (χ0n) is 14.1. The molecule has 6 heteroatoms. The summed E-state index contributed by atoms with van der Waals surface area (Å²) in [5.74, 6) is 0.659. The number of rotatable bonds is 4. The molecule has 0 aliphatic carbocycles. The molecule has 3 heterocycles. The second-order valence-electron chi connectivity index (χ2n) is 6.40. The molecule has 0 saturated carbocycles. The van der Waals surface area contributed by atoms with Crippen LogP contribution in [-0.4, -0.2) is 39.1 Å². The van der Waals surface area contributed by atoms with Gasteiger partial charge in [-0.1, -0.05) is 0 Å². The molecule has 0 unspecified atom stereocenters. The van der Waals surface area contributed by atoms with E-state index in [2.05, 4.69) is 22.1 Å². The van der Waals surface area contributed by atoms with E-state index in [0.717, 1.165) is 43.7 Å². The first kappa shape index (κ1) is 16.2. The quantitative estimate of drug-likeness (QED) is 0.935. The topological polar surface area (TPSA) is 61.9 Å². The molecule has 0 spiro atoms. The Balaban J connectivity index is 1.59. The number of aromatic nitrogens is 3. The highest BCUT2D eigenvalue weighted by atomic mass is 32.1. The average Bonchev–Trinajstić information content (AvgIpc) is 3.12. The van der Waals surface area contributed by atoms with E-state index in [1.807, 2.05) is 24.9 Å². The third kappa shape index (κ3) is 3.63. The van der Waals surface area contributed by atoms with E-state index >= 15 is 0 Å². The highest BCUT2D eigenvalue weighted by Crippen LogP contribution is 2.30. The van der Waals surface area contributed by atoms with Gasteiger partial charge in [-0.2, -0.15) is 5.10 Å². The maximum atomic E-state index is 12.6. The Hall–Kier alpha value is -1.69. The third-order valence-corrected chi connectivity index (χ3v) is 5.71. The molecule has 0 bridgehead atoms. The van der Waals surface area contributed by atoms with Crippen molar-refractivity contribution in [1.82, 2.24) is 20.1 Å². The number of carbonyl (C=O) groups is 1. The van der Waals surface area contributed by atoms with Crippen LogP contribution in [0.2, 0.25) is 0 Å². The van der Waals surface area contributed by atoms with E-state index in [1.54, 1.807) is 11.3 Å². The lowest BCUT2D eigenvalue weighted by molar-refractivity contribution is -0.132. The van der Waals surface area contributed by atoms with E-state index in [0.29, 0.717) is 12.3 Å². The molecule has 23 heavy (non-hydrogen) atoms. The lowest BCUT2D eigenvalue weighted by Gasteiger charge is -2.32. The van der Waals surface area contributed by atoms with Crippen molar-refractivity contribution in [1.29, 1.82) is 0 Å². The summed E-state index contributed by atoms with van der Waals surface area (Å²) in [5, 5.41) is 8.38. The summed E-state index contributed by atoms with van der Waals surface area (Å²) in [5.41, 5.74) is 3.26. The van der Waals surface area contributed by atoms with Crippen molar-refractivity contribution in [2.45, 2.75) is 52.4 Å². The summed E-state index contributed by atoms with van der Waals surface area (Å²) < 4.78 is 0. The van der Waals surface area contributed by atoms with Crippen LogP contribution in [0.25, 0.3) is 0 Å². The number of nitrogens with zero attached hydrogens (tertiary/aromatic N) is 3. The zero-order valence-corrected chi connectivity index (χ0v) is 14.9. The molecule has 2 aromatic rings. The third-order valence-electron chi connectivity index (χ3n) is 4.63. The number of amides is 1. The second kappa shape index (κ2) is 6.83. The molecule has 1 saturated heterocycles. The maximum absolute atomic E-state index is 12.6. The number of hydrogen-bond donors (Lipinski definition) is 1. The Morgan fingerprint density at radius 2 is 2.26 bits per heavy atom. The minimum absolute atomic E-state index is 0.253. The van der Waals surface area contributed by atoms with Crippen molar-refractivity contribution < 1.29 is 4.79 Å². The largest absolute Gasteiger partial charge is 0.342 e. The van der Waals surface area contributed by atoms with E-state index < -0.39 is 0 Å². The van der Waals surface area contributed by atoms with Gasteiger partial charge in [0.1, 0.15) is 0 Å². The van der Waals surface area contributed by atoms with Crippen molar-refractivity contribution in [3.63, 3.8) is 0 Å². The van der Waals surface area contributed by atoms with Crippen LogP contribution < -0.4 is 0 Å². The van der Waals surface area contributed by atoms with Crippen LogP contribution >= 0.6 is 11.3 Å². The van der Waals surface area contributed by atoms with Crippen molar-refractivity contribution >= 4 is 17.2 Å². The predicted octanol–water partition coefficient (Wildman–Crippen LogP) is 3.13. The van der Waals surface area contributed by atoms with Crippen LogP contribution in [0.1, 0.15) is 52.0 Å². The molecule has 1 N–H and O–H groups in total. The molecule has 0 aromatic carbocycles. The van der Waals surface area contributed by atoms with Crippen molar-refractivity contribution in [2.24, 2.45) is 0 Å². The minimum Gasteiger partial charge on any atom is -0.342 e. The van der Waals surface area contributed by atoms with Crippen molar-refractivity contribution in [3.05, 3.63) is 33.0 Å². The fraction of sp³-hybridized carbons (Fsp3) is 0.588. The monoisotopic (exact) mass is 332 g/mol. The molecule has 0 radical (unpaired) electrons. The van der Waals surface area contributed by atoms with Crippen LogP contribution in [0, 0.1) is 20.8 Å². The van der Waals surface area contributed by atoms with Gasteiger partial charge >= 0.3 is 0 Å². The number of nitrogens with one attached hydrogen (secondary N) is 1. The van der Waals surface area contributed by atoms with E-state index in [4.69, 9.17) is 0 Å². The highest BCUT2D eigenvalue weighted by molar-refractivity contribution is 7.11. The SMILES string of the molecule is Cc1cnc([C@H]2CCCN(C(=O)CCc3c(C)n[nH]c3C)C2)s1. The Kier molecular flexibility index (Phi) is 4.80. The zero-order chi connectivity index (χ0) is 16.4. The molecule has 1 atom stereocenters. The molecule has 3 rings (SSSR count). The number of thiazole rings is 1. The lowest BCUT2D eigenvalue weighted by atomic mass is 9.98. The van der Waals surface area contributed by atoms with Crippen LogP contribution in [-0.2, 0) is 11.2 Å². The Morgan fingerprint density at radius 3 is 2.91 bits per heavy atom. The normalized spacial score (nSPS) is 18.4. The van der Waals surface area contributed by atoms with Crippen molar-refractivity contribution in [3.8, 4) is 0 Å². The summed E-state index contributed by atoms with van der Waals surface area (Å²) in [7, 11) is 0. The molecular weight excluding hydrogens is 308 g/mol. The minimum atomic E-state index is 0.253. The van der Waals surface area contributed by atoms with Gasteiger partial charge in [0.25, 0.3) is 0 Å². The summed E-state index contributed by atoms with van der Waals surface area (Å²) in [6.07, 6.45) is 5.47. The highest BCUT2D eigenvalue weighted by Gasteiger charge is 2.26. The van der Waals surface area contributed by atoms with Crippen LogP contribution in [0.4, 0.5) is 0 Å². The molecular formula is C17H24N4OS. The number of hydrogen-bond acceptors (Lipinski definition) is 4. The summed E-state index contributed by atoms with van der Waals surface area (Å²) >= 11 is 1.76. The summed E-state index contributed by atoms with van der Waals surface area (Å²) in [4.78, 5) is 20.4. The second-order valence-corrected chi connectivity index (χ2v) is 7.67. The van der Waals surface area contributed by atoms with Gasteiger partial charge in [-0.3, -0.25) is 9.89 Å². The lowest BCUT2D eigenvalue weighted by Crippen LogP contribution is -2.39. The smallest absolute Gasteiger partial charge is 0.222 e. The fourth-order valence-corrected chi connectivity index (χ4v) is 4.20. The van der Waals surface area contributed by atoms with Crippen LogP contribution in [0.15, 0.2) is 6.20 Å². The molecule has 1 aliphatic heterocycles. The van der Waals surface area contributed by atoms with Gasteiger partial charge < -0.3 is 4.90 Å².